The van der Waals surface area contributed by atoms with E-state index >= 15 is 0 Å². The van der Waals surface area contributed by atoms with Crippen LogP contribution in [-0.2, 0) is 0 Å². The zero-order valence-corrected chi connectivity index (χ0v) is 14.5. The first kappa shape index (κ1) is 14.5. The van der Waals surface area contributed by atoms with E-state index in [0.717, 1.165) is 0 Å². The molecule has 88 valence electrons. The molecule has 0 amide bonds. The second kappa shape index (κ2) is 9.50. The van der Waals surface area contributed by atoms with Gasteiger partial charge in [-0.1, -0.05) is 0 Å². The summed E-state index contributed by atoms with van der Waals surface area (Å²) >= 11 is 4.84. The van der Waals surface area contributed by atoms with Crippen LogP contribution in [0.25, 0.3) is 0 Å². The summed E-state index contributed by atoms with van der Waals surface area (Å²) in [6, 6.07) is 10.7. The van der Waals surface area contributed by atoms with Crippen molar-refractivity contribution < 1.29 is 0 Å². The molecule has 16 heavy (non-hydrogen) atoms. The summed E-state index contributed by atoms with van der Waals surface area (Å²) in [7, 11) is 0. The van der Waals surface area contributed by atoms with E-state index in [1.165, 1.54) is 32.4 Å². The van der Waals surface area contributed by atoms with Gasteiger partial charge in [0.2, 0.25) is 0 Å². The first-order chi connectivity index (χ1) is 7.83. The van der Waals surface area contributed by atoms with Crippen molar-refractivity contribution in [1.29, 1.82) is 0 Å². The van der Waals surface area contributed by atoms with Gasteiger partial charge in [0.25, 0.3) is 0 Å². The molecule has 0 radical (unpaired) electrons. The molecule has 0 aliphatic rings. The van der Waals surface area contributed by atoms with Gasteiger partial charge in [-0.05, 0) is 0 Å². The van der Waals surface area contributed by atoms with Crippen molar-refractivity contribution >= 4 is 50.3 Å². The van der Waals surface area contributed by atoms with E-state index in [2.05, 4.69) is 58.2 Å². The van der Waals surface area contributed by atoms with Crippen LogP contribution >= 0.6 is 15.9 Å². The molecule has 0 heterocycles. The first-order valence-corrected chi connectivity index (χ1v) is 10.2. The molecule has 0 unspecified atom stereocenters. The second-order valence-electron chi connectivity index (χ2n) is 3.41. The average molecular weight is 411 g/mol. The Bertz CT molecular complexity index is 309. The zero-order chi connectivity index (χ0) is 11.6. The van der Waals surface area contributed by atoms with E-state index in [1.807, 2.05) is 0 Å². The van der Waals surface area contributed by atoms with Crippen LogP contribution in [0.1, 0.15) is 26.2 Å². The molecule has 3 heteroatoms. The maximum absolute atomic E-state index is 3.69. The van der Waals surface area contributed by atoms with Crippen molar-refractivity contribution in [3.8, 4) is 0 Å². The van der Waals surface area contributed by atoms with Gasteiger partial charge in [0.1, 0.15) is 0 Å². The SMILES string of the molecule is CCCCC[Se]/C(Br)=C\[Se]c1ccccc1. The van der Waals surface area contributed by atoms with E-state index < -0.39 is 0 Å². The van der Waals surface area contributed by atoms with Crippen molar-refractivity contribution in [2.45, 2.75) is 31.5 Å². The van der Waals surface area contributed by atoms with Crippen molar-refractivity contribution in [3.05, 3.63) is 38.7 Å². The Morgan fingerprint density at radius 1 is 1.25 bits per heavy atom. The van der Waals surface area contributed by atoms with Crippen LogP contribution in [0.3, 0.4) is 0 Å². The number of halogens is 1. The molecule has 0 nitrogen and oxygen atoms in total. The second-order valence-corrected chi connectivity index (χ2v) is 9.81. The Hall–Kier alpha value is 0.479. The van der Waals surface area contributed by atoms with E-state index in [0.29, 0.717) is 29.9 Å². The van der Waals surface area contributed by atoms with Crippen LogP contribution < -0.4 is 4.46 Å². The summed E-state index contributed by atoms with van der Waals surface area (Å²) in [5.41, 5.74) is 0. The van der Waals surface area contributed by atoms with Crippen molar-refractivity contribution in [1.82, 2.24) is 0 Å². The fourth-order valence-corrected chi connectivity index (χ4v) is 6.18. The third-order valence-electron chi connectivity index (χ3n) is 2.02. The Morgan fingerprint density at radius 2 is 2.00 bits per heavy atom. The van der Waals surface area contributed by atoms with Crippen molar-refractivity contribution in [2.75, 3.05) is 0 Å². The van der Waals surface area contributed by atoms with Gasteiger partial charge in [0.15, 0.2) is 0 Å². The Labute approximate surface area is 120 Å². The molecule has 1 aromatic rings. The van der Waals surface area contributed by atoms with Crippen LogP contribution in [0.5, 0.6) is 0 Å². The van der Waals surface area contributed by atoms with E-state index in [1.54, 1.807) is 0 Å². The molecule has 0 bridgehead atoms. The molecule has 0 fully saturated rings. The summed E-state index contributed by atoms with van der Waals surface area (Å²) in [6.45, 7) is 2.26. The Balaban J connectivity index is 2.23. The predicted octanol–water partition coefficient (Wildman–Crippen LogP) is 3.52. The predicted molar refractivity (Wildman–Crippen MR) is 78.9 cm³/mol. The Morgan fingerprint density at radius 3 is 2.69 bits per heavy atom. The number of rotatable bonds is 7. The third kappa shape index (κ3) is 6.93. The minimum absolute atomic E-state index is 0.493. The quantitative estimate of drug-likeness (QED) is 0.476. The van der Waals surface area contributed by atoms with Gasteiger partial charge >= 0.3 is 120 Å². The van der Waals surface area contributed by atoms with E-state index in [4.69, 9.17) is 0 Å². The number of hydrogen-bond acceptors (Lipinski definition) is 0. The monoisotopic (exact) mass is 412 g/mol. The van der Waals surface area contributed by atoms with Crippen LogP contribution in [-0.4, -0.2) is 29.9 Å². The first-order valence-electron chi connectivity index (χ1n) is 5.53. The fraction of sp³-hybridized carbons (Fsp3) is 0.385. The molecular formula is C13H17BrSe2. The average Bonchev–Trinajstić information content (AvgIpc) is 2.33. The number of benzene rings is 1. The molecule has 1 aromatic carbocycles. The zero-order valence-electron chi connectivity index (χ0n) is 9.49. The summed E-state index contributed by atoms with van der Waals surface area (Å²) in [5.74, 6) is 0. The fourth-order valence-electron chi connectivity index (χ4n) is 1.17. The van der Waals surface area contributed by atoms with Crippen molar-refractivity contribution in [2.24, 2.45) is 0 Å². The van der Waals surface area contributed by atoms with Gasteiger partial charge in [0, 0.05) is 0 Å². The minimum atomic E-state index is 0.493. The molecule has 0 aliphatic carbocycles. The van der Waals surface area contributed by atoms with Gasteiger partial charge in [-0.3, -0.25) is 0 Å². The topological polar surface area (TPSA) is 0 Å². The number of hydrogen-bond donors (Lipinski definition) is 0. The van der Waals surface area contributed by atoms with Gasteiger partial charge in [0.05, 0.1) is 0 Å². The Kier molecular flexibility index (Phi) is 8.64. The van der Waals surface area contributed by atoms with Crippen LogP contribution in [0, 0.1) is 0 Å². The molecule has 0 saturated carbocycles. The van der Waals surface area contributed by atoms with Crippen LogP contribution in [0.4, 0.5) is 0 Å². The molecule has 0 saturated heterocycles. The summed E-state index contributed by atoms with van der Waals surface area (Å²) < 4.78 is 2.90. The third-order valence-corrected chi connectivity index (χ3v) is 8.62. The van der Waals surface area contributed by atoms with Gasteiger partial charge in [-0.15, -0.1) is 0 Å². The molecule has 0 spiro atoms. The van der Waals surface area contributed by atoms with E-state index in [-0.39, 0.29) is 0 Å². The van der Waals surface area contributed by atoms with Gasteiger partial charge in [-0.2, -0.15) is 0 Å². The molecular weight excluding hydrogens is 394 g/mol. The molecule has 0 aliphatic heterocycles. The van der Waals surface area contributed by atoms with Crippen LogP contribution in [0.2, 0.25) is 5.32 Å². The van der Waals surface area contributed by atoms with E-state index in [9.17, 15) is 0 Å². The molecule has 0 N–H and O–H groups in total. The number of unbranched alkanes of at least 4 members (excludes halogenated alkanes) is 2. The van der Waals surface area contributed by atoms with Gasteiger partial charge < -0.3 is 0 Å². The molecule has 0 aromatic heterocycles. The normalized spacial score (nSPS) is 11.8. The van der Waals surface area contributed by atoms with Gasteiger partial charge in [-0.25, -0.2) is 0 Å². The summed E-state index contributed by atoms with van der Waals surface area (Å²) in [4.78, 5) is 2.38. The molecule has 1 rings (SSSR count). The standard InChI is InChI=1S/C13H17BrSe2/c1-2-3-7-10-15-13(14)11-16-12-8-5-4-6-9-12/h4-6,8-9,11H,2-3,7,10H2,1H3/b13-11-. The van der Waals surface area contributed by atoms with Crippen molar-refractivity contribution in [3.63, 3.8) is 0 Å². The maximum atomic E-state index is 3.69. The summed E-state index contributed by atoms with van der Waals surface area (Å²) in [6.07, 6.45) is 4.09. The summed E-state index contributed by atoms with van der Waals surface area (Å²) in [5, 5.41) is 1.38. The van der Waals surface area contributed by atoms with Crippen LogP contribution in [0.15, 0.2) is 38.7 Å². The molecule has 0 atom stereocenters.